The summed E-state index contributed by atoms with van der Waals surface area (Å²) < 4.78 is 5.62. The van der Waals surface area contributed by atoms with E-state index in [1.165, 1.54) is 0 Å². The van der Waals surface area contributed by atoms with Gasteiger partial charge in [-0.3, -0.25) is 9.59 Å². The number of carbonyl (C=O) groups is 2. The summed E-state index contributed by atoms with van der Waals surface area (Å²) in [6.07, 6.45) is -0.629. The topological polar surface area (TPSA) is 83.2 Å². The number of hydrogen-bond acceptors (Lipinski definition) is 3. The number of nitrogens with one attached hydrogen (secondary N) is 3. The van der Waals surface area contributed by atoms with E-state index in [0.717, 1.165) is 16.6 Å². The standard InChI is InChI=1S/C19H17N3O3/c1-11-18(23)22-16-8-4-6-14(17(16)25-11)19(24)20-10-13-9-12-5-2-3-7-15(12)21-13/h2-9,11,21H,10H2,1H3,(H,20,24)(H,22,23). The predicted octanol–water partition coefficient (Wildman–Crippen LogP) is 2.82. The van der Waals surface area contributed by atoms with Crippen molar-refractivity contribution in [2.75, 3.05) is 5.32 Å². The van der Waals surface area contributed by atoms with Crippen LogP contribution in [0, 0.1) is 0 Å². The van der Waals surface area contributed by atoms with Gasteiger partial charge < -0.3 is 20.4 Å². The van der Waals surface area contributed by atoms with Crippen LogP contribution in [0.15, 0.2) is 48.5 Å². The van der Waals surface area contributed by atoms with Crippen molar-refractivity contribution in [2.24, 2.45) is 0 Å². The molecular formula is C19H17N3O3. The smallest absolute Gasteiger partial charge is 0.265 e. The molecule has 2 amide bonds. The third-order valence-electron chi connectivity index (χ3n) is 4.21. The van der Waals surface area contributed by atoms with Gasteiger partial charge in [0.15, 0.2) is 11.9 Å². The highest BCUT2D eigenvalue weighted by molar-refractivity contribution is 6.04. The first kappa shape index (κ1) is 15.3. The van der Waals surface area contributed by atoms with Gasteiger partial charge in [-0.15, -0.1) is 0 Å². The summed E-state index contributed by atoms with van der Waals surface area (Å²) in [5.74, 6) is -0.0641. The Hall–Kier alpha value is -3.28. The number of ether oxygens (including phenoxy) is 1. The number of H-pyrrole nitrogens is 1. The largest absolute Gasteiger partial charge is 0.478 e. The lowest BCUT2D eigenvalue weighted by Crippen LogP contribution is -2.35. The molecule has 0 fully saturated rings. The lowest BCUT2D eigenvalue weighted by atomic mass is 10.1. The van der Waals surface area contributed by atoms with Crippen molar-refractivity contribution in [1.29, 1.82) is 0 Å². The van der Waals surface area contributed by atoms with Crippen LogP contribution in [0.2, 0.25) is 0 Å². The monoisotopic (exact) mass is 335 g/mol. The number of hydrogen-bond donors (Lipinski definition) is 3. The molecule has 0 saturated heterocycles. The molecule has 0 saturated carbocycles. The maximum atomic E-state index is 12.6. The van der Waals surface area contributed by atoms with E-state index >= 15 is 0 Å². The number of fused-ring (bicyclic) bond motifs is 2. The second-order valence-corrected chi connectivity index (χ2v) is 6.00. The highest BCUT2D eigenvalue weighted by Gasteiger charge is 2.27. The van der Waals surface area contributed by atoms with E-state index in [4.69, 9.17) is 4.74 Å². The highest BCUT2D eigenvalue weighted by Crippen LogP contribution is 2.33. The Morgan fingerprint density at radius 3 is 2.88 bits per heavy atom. The van der Waals surface area contributed by atoms with Gasteiger partial charge in [-0.25, -0.2) is 0 Å². The predicted molar refractivity (Wildman–Crippen MR) is 94.6 cm³/mol. The lowest BCUT2D eigenvalue weighted by Gasteiger charge is -2.25. The Morgan fingerprint density at radius 1 is 1.20 bits per heavy atom. The quantitative estimate of drug-likeness (QED) is 0.688. The Morgan fingerprint density at radius 2 is 2.04 bits per heavy atom. The molecule has 6 heteroatoms. The average molecular weight is 335 g/mol. The average Bonchev–Trinajstić information content (AvgIpc) is 3.03. The first-order valence-electron chi connectivity index (χ1n) is 8.07. The third-order valence-corrected chi connectivity index (χ3v) is 4.21. The van der Waals surface area contributed by atoms with Crippen molar-refractivity contribution in [3.63, 3.8) is 0 Å². The summed E-state index contributed by atoms with van der Waals surface area (Å²) in [7, 11) is 0. The van der Waals surface area contributed by atoms with Crippen LogP contribution < -0.4 is 15.4 Å². The zero-order chi connectivity index (χ0) is 17.4. The second kappa shape index (κ2) is 5.98. The van der Waals surface area contributed by atoms with Gasteiger partial charge in [0.25, 0.3) is 11.8 Å². The summed E-state index contributed by atoms with van der Waals surface area (Å²) in [4.78, 5) is 27.5. The van der Waals surface area contributed by atoms with Crippen LogP contribution in [-0.2, 0) is 11.3 Å². The third kappa shape index (κ3) is 2.82. The van der Waals surface area contributed by atoms with Crippen molar-refractivity contribution in [3.05, 3.63) is 59.8 Å². The van der Waals surface area contributed by atoms with Crippen LogP contribution in [0.25, 0.3) is 10.9 Å². The molecule has 0 radical (unpaired) electrons. The number of carbonyl (C=O) groups excluding carboxylic acids is 2. The Kier molecular flexibility index (Phi) is 3.65. The van der Waals surface area contributed by atoms with Crippen molar-refractivity contribution >= 4 is 28.4 Å². The number of aromatic nitrogens is 1. The fourth-order valence-corrected chi connectivity index (χ4v) is 2.91. The number of amides is 2. The van der Waals surface area contributed by atoms with E-state index in [1.807, 2.05) is 30.3 Å². The summed E-state index contributed by atoms with van der Waals surface area (Å²) >= 11 is 0. The van der Waals surface area contributed by atoms with Gasteiger partial charge in [0.05, 0.1) is 17.8 Å². The Balaban J connectivity index is 1.53. The molecule has 6 nitrogen and oxygen atoms in total. The fourth-order valence-electron chi connectivity index (χ4n) is 2.91. The van der Waals surface area contributed by atoms with Crippen LogP contribution in [0.4, 0.5) is 5.69 Å². The molecule has 25 heavy (non-hydrogen) atoms. The van der Waals surface area contributed by atoms with Crippen LogP contribution in [0.3, 0.4) is 0 Å². The van der Waals surface area contributed by atoms with E-state index in [0.29, 0.717) is 23.5 Å². The van der Waals surface area contributed by atoms with Crippen molar-refractivity contribution in [1.82, 2.24) is 10.3 Å². The molecule has 3 aromatic rings. The summed E-state index contributed by atoms with van der Waals surface area (Å²) in [5.41, 5.74) is 2.87. The second-order valence-electron chi connectivity index (χ2n) is 6.00. The van der Waals surface area contributed by atoms with Gasteiger partial charge in [-0.1, -0.05) is 24.3 Å². The van der Waals surface area contributed by atoms with E-state index in [-0.39, 0.29) is 11.8 Å². The van der Waals surface area contributed by atoms with Gasteiger partial charge >= 0.3 is 0 Å². The molecular weight excluding hydrogens is 318 g/mol. The maximum Gasteiger partial charge on any atom is 0.265 e. The van der Waals surface area contributed by atoms with E-state index in [9.17, 15) is 9.59 Å². The zero-order valence-corrected chi connectivity index (χ0v) is 13.6. The molecule has 1 atom stereocenters. The summed E-state index contributed by atoms with van der Waals surface area (Å²) in [6, 6.07) is 15.1. The Bertz CT molecular complexity index is 944. The van der Waals surface area contributed by atoms with Crippen LogP contribution in [0.5, 0.6) is 5.75 Å². The van der Waals surface area contributed by atoms with Gasteiger partial charge in [0.2, 0.25) is 0 Å². The highest BCUT2D eigenvalue weighted by atomic mass is 16.5. The number of benzene rings is 2. The van der Waals surface area contributed by atoms with Crippen LogP contribution in [-0.4, -0.2) is 22.9 Å². The number of para-hydroxylation sites is 2. The molecule has 2 aromatic carbocycles. The first-order valence-corrected chi connectivity index (χ1v) is 8.07. The van der Waals surface area contributed by atoms with Crippen LogP contribution in [0.1, 0.15) is 23.0 Å². The van der Waals surface area contributed by atoms with Crippen molar-refractivity contribution < 1.29 is 14.3 Å². The molecule has 0 aliphatic carbocycles. The number of rotatable bonds is 3. The normalized spacial score (nSPS) is 16.0. The van der Waals surface area contributed by atoms with E-state index in [1.54, 1.807) is 25.1 Å². The molecule has 1 aliphatic rings. The molecule has 126 valence electrons. The molecule has 1 unspecified atom stereocenters. The summed E-state index contributed by atoms with van der Waals surface area (Å²) in [6.45, 7) is 2.02. The van der Waals surface area contributed by atoms with Gasteiger partial charge in [0, 0.05) is 11.2 Å². The molecule has 4 rings (SSSR count). The minimum atomic E-state index is -0.629. The van der Waals surface area contributed by atoms with Crippen LogP contribution >= 0.6 is 0 Å². The SMILES string of the molecule is CC1Oc2c(cccc2C(=O)NCc2cc3ccccc3[nH]2)NC1=O. The van der Waals surface area contributed by atoms with Crippen molar-refractivity contribution in [3.8, 4) is 5.75 Å². The minimum absolute atomic E-state index is 0.219. The molecule has 0 spiro atoms. The summed E-state index contributed by atoms with van der Waals surface area (Å²) in [5, 5.41) is 6.74. The first-order chi connectivity index (χ1) is 12.1. The maximum absolute atomic E-state index is 12.6. The van der Waals surface area contributed by atoms with Crippen molar-refractivity contribution in [2.45, 2.75) is 19.6 Å². The Labute approximate surface area is 144 Å². The fraction of sp³-hybridized carbons (Fsp3) is 0.158. The van der Waals surface area contributed by atoms with E-state index < -0.39 is 6.10 Å². The van der Waals surface area contributed by atoms with Gasteiger partial charge in [-0.05, 0) is 36.6 Å². The minimum Gasteiger partial charge on any atom is -0.478 e. The molecule has 1 aliphatic heterocycles. The van der Waals surface area contributed by atoms with E-state index in [2.05, 4.69) is 15.6 Å². The van der Waals surface area contributed by atoms with Gasteiger partial charge in [-0.2, -0.15) is 0 Å². The van der Waals surface area contributed by atoms with Gasteiger partial charge in [0.1, 0.15) is 0 Å². The molecule has 3 N–H and O–H groups in total. The zero-order valence-electron chi connectivity index (χ0n) is 13.6. The molecule has 2 heterocycles. The number of anilines is 1. The number of aromatic amines is 1. The molecule has 1 aromatic heterocycles. The molecule has 0 bridgehead atoms. The lowest BCUT2D eigenvalue weighted by molar-refractivity contribution is -0.122.